The second-order valence-corrected chi connectivity index (χ2v) is 6.61. The van der Waals surface area contributed by atoms with Gasteiger partial charge >= 0.3 is 0 Å². The fourth-order valence-electron chi connectivity index (χ4n) is 3.43. The van der Waals surface area contributed by atoms with Crippen molar-refractivity contribution in [2.45, 2.75) is 31.6 Å². The van der Waals surface area contributed by atoms with Crippen molar-refractivity contribution < 1.29 is 4.74 Å². The van der Waals surface area contributed by atoms with E-state index in [2.05, 4.69) is 35.2 Å². The minimum Gasteiger partial charge on any atom is -0.383 e. The first kappa shape index (κ1) is 15.7. The second-order valence-electron chi connectivity index (χ2n) is 6.61. The molecule has 0 unspecified atom stereocenters. The first-order valence-corrected chi connectivity index (χ1v) is 8.66. The molecule has 120 valence electrons. The van der Waals surface area contributed by atoms with E-state index in [4.69, 9.17) is 9.73 Å². The molecule has 1 atom stereocenters. The zero-order valence-corrected chi connectivity index (χ0v) is 13.7. The highest BCUT2D eigenvalue weighted by Gasteiger charge is 2.32. The van der Waals surface area contributed by atoms with Crippen molar-refractivity contribution >= 4 is 5.71 Å². The lowest BCUT2D eigenvalue weighted by atomic mass is 9.93. The molecular formula is C19H28N2O. The summed E-state index contributed by atoms with van der Waals surface area (Å²) in [6.45, 7) is 5.44. The molecule has 1 aromatic rings. The number of methoxy groups -OCH3 is 1. The van der Waals surface area contributed by atoms with Crippen molar-refractivity contribution in [3.8, 4) is 0 Å². The second kappa shape index (κ2) is 7.89. The first-order valence-electron chi connectivity index (χ1n) is 8.66. The van der Waals surface area contributed by atoms with Crippen LogP contribution in [0.15, 0.2) is 35.3 Å². The molecule has 1 heterocycles. The summed E-state index contributed by atoms with van der Waals surface area (Å²) in [4.78, 5) is 7.37. The molecule has 3 rings (SSSR count). The van der Waals surface area contributed by atoms with Gasteiger partial charge in [0.1, 0.15) is 0 Å². The predicted molar refractivity (Wildman–Crippen MR) is 91.8 cm³/mol. The van der Waals surface area contributed by atoms with Crippen LogP contribution in [0.4, 0.5) is 0 Å². The van der Waals surface area contributed by atoms with E-state index in [0.29, 0.717) is 5.92 Å². The fourth-order valence-corrected chi connectivity index (χ4v) is 3.43. The van der Waals surface area contributed by atoms with Gasteiger partial charge in [0.2, 0.25) is 0 Å². The average Bonchev–Trinajstić information content (AvgIpc) is 3.34. The van der Waals surface area contributed by atoms with Gasteiger partial charge in [0.15, 0.2) is 0 Å². The molecule has 0 spiro atoms. The van der Waals surface area contributed by atoms with Gasteiger partial charge in [0, 0.05) is 31.8 Å². The molecule has 2 aliphatic rings. The number of piperidine rings is 1. The molecule has 1 aromatic carbocycles. The molecule has 0 bridgehead atoms. The summed E-state index contributed by atoms with van der Waals surface area (Å²) in [5.41, 5.74) is 2.86. The van der Waals surface area contributed by atoms with E-state index < -0.39 is 0 Å². The molecule has 3 heteroatoms. The lowest BCUT2D eigenvalue weighted by molar-refractivity contribution is 0.119. The Bertz CT molecular complexity index is 477. The van der Waals surface area contributed by atoms with Crippen LogP contribution in [-0.2, 0) is 4.74 Å². The van der Waals surface area contributed by atoms with Gasteiger partial charge in [-0.1, -0.05) is 30.3 Å². The van der Waals surface area contributed by atoms with E-state index in [-0.39, 0.29) is 0 Å². The molecule has 22 heavy (non-hydrogen) atoms. The monoisotopic (exact) mass is 300 g/mol. The molecule has 1 aliphatic carbocycles. The van der Waals surface area contributed by atoms with Gasteiger partial charge < -0.3 is 9.64 Å². The molecule has 0 N–H and O–H groups in total. The summed E-state index contributed by atoms with van der Waals surface area (Å²) in [5.74, 6) is 1.49. The van der Waals surface area contributed by atoms with E-state index in [1.807, 2.05) is 0 Å². The Labute approximate surface area is 134 Å². The number of nitrogens with zero attached hydrogens (tertiary/aromatic N) is 2. The van der Waals surface area contributed by atoms with Crippen LogP contribution < -0.4 is 0 Å². The summed E-state index contributed by atoms with van der Waals surface area (Å²) < 4.78 is 5.16. The third-order valence-corrected chi connectivity index (χ3v) is 5.03. The van der Waals surface area contributed by atoms with Crippen molar-refractivity contribution in [3.05, 3.63) is 35.9 Å². The Morgan fingerprint density at radius 3 is 2.68 bits per heavy atom. The number of benzene rings is 1. The van der Waals surface area contributed by atoms with Crippen LogP contribution in [0, 0.1) is 5.92 Å². The van der Waals surface area contributed by atoms with Crippen LogP contribution in [0.2, 0.25) is 0 Å². The van der Waals surface area contributed by atoms with E-state index in [9.17, 15) is 0 Å². The van der Waals surface area contributed by atoms with Gasteiger partial charge in [0.25, 0.3) is 0 Å². The van der Waals surface area contributed by atoms with Crippen LogP contribution in [0.25, 0.3) is 0 Å². The Kier molecular flexibility index (Phi) is 5.63. The average molecular weight is 300 g/mol. The number of aliphatic imine (C=N–C) groups is 1. The topological polar surface area (TPSA) is 24.8 Å². The largest absolute Gasteiger partial charge is 0.383 e. The van der Waals surface area contributed by atoms with E-state index in [1.54, 1.807) is 7.11 Å². The van der Waals surface area contributed by atoms with E-state index >= 15 is 0 Å². The molecule has 0 radical (unpaired) electrons. The summed E-state index contributed by atoms with van der Waals surface area (Å²) in [5, 5.41) is 0. The highest BCUT2D eigenvalue weighted by molar-refractivity contribution is 6.05. The third-order valence-electron chi connectivity index (χ3n) is 5.03. The van der Waals surface area contributed by atoms with E-state index in [1.165, 1.54) is 50.0 Å². The SMILES string of the molecule is COCCN1CCC(CCN=C2C[C@H]2c2ccccc2)CC1. The Morgan fingerprint density at radius 1 is 1.18 bits per heavy atom. The highest BCUT2D eigenvalue weighted by atomic mass is 16.5. The van der Waals surface area contributed by atoms with Gasteiger partial charge in [-0.15, -0.1) is 0 Å². The third kappa shape index (κ3) is 4.40. The predicted octanol–water partition coefficient (Wildman–Crippen LogP) is 3.36. The maximum atomic E-state index is 5.16. The smallest absolute Gasteiger partial charge is 0.0589 e. The summed E-state index contributed by atoms with van der Waals surface area (Å²) >= 11 is 0. The van der Waals surface area contributed by atoms with Crippen molar-refractivity contribution in [2.24, 2.45) is 10.9 Å². The first-order chi connectivity index (χ1) is 10.9. The quantitative estimate of drug-likeness (QED) is 0.771. The maximum Gasteiger partial charge on any atom is 0.0589 e. The number of hydrogen-bond donors (Lipinski definition) is 0. The Hall–Kier alpha value is -1.19. The summed E-state index contributed by atoms with van der Waals surface area (Å²) in [7, 11) is 1.78. The molecule has 0 aromatic heterocycles. The minimum absolute atomic E-state index is 0.622. The van der Waals surface area contributed by atoms with Crippen molar-refractivity contribution in [1.29, 1.82) is 0 Å². The molecule has 1 aliphatic heterocycles. The normalized spacial score (nSPS) is 24.8. The van der Waals surface area contributed by atoms with Crippen LogP contribution in [0.5, 0.6) is 0 Å². The van der Waals surface area contributed by atoms with Gasteiger partial charge in [0.05, 0.1) is 6.61 Å². The van der Waals surface area contributed by atoms with Crippen molar-refractivity contribution in [3.63, 3.8) is 0 Å². The van der Waals surface area contributed by atoms with Crippen LogP contribution in [0.1, 0.15) is 37.2 Å². The lowest BCUT2D eigenvalue weighted by Crippen LogP contribution is -2.36. The van der Waals surface area contributed by atoms with Crippen LogP contribution in [0.3, 0.4) is 0 Å². The zero-order valence-electron chi connectivity index (χ0n) is 13.7. The molecule has 2 fully saturated rings. The fraction of sp³-hybridized carbons (Fsp3) is 0.632. The number of ether oxygens (including phenoxy) is 1. The highest BCUT2D eigenvalue weighted by Crippen LogP contribution is 2.37. The zero-order chi connectivity index (χ0) is 15.2. The maximum absolute atomic E-state index is 5.16. The van der Waals surface area contributed by atoms with Gasteiger partial charge in [-0.2, -0.15) is 0 Å². The number of rotatable bonds is 7. The minimum atomic E-state index is 0.622. The van der Waals surface area contributed by atoms with Gasteiger partial charge in [-0.25, -0.2) is 0 Å². The number of likely N-dealkylation sites (tertiary alicyclic amines) is 1. The molecule has 3 nitrogen and oxygen atoms in total. The van der Waals surface area contributed by atoms with Gasteiger partial charge in [-0.3, -0.25) is 4.99 Å². The number of hydrogen-bond acceptors (Lipinski definition) is 3. The Balaban J connectivity index is 1.34. The van der Waals surface area contributed by atoms with Crippen molar-refractivity contribution in [1.82, 2.24) is 4.90 Å². The van der Waals surface area contributed by atoms with Crippen LogP contribution in [-0.4, -0.2) is 50.5 Å². The van der Waals surface area contributed by atoms with Gasteiger partial charge in [-0.05, 0) is 50.3 Å². The van der Waals surface area contributed by atoms with E-state index in [0.717, 1.165) is 25.6 Å². The Morgan fingerprint density at radius 2 is 1.95 bits per heavy atom. The lowest BCUT2D eigenvalue weighted by Gasteiger charge is -2.31. The molecule has 1 saturated carbocycles. The van der Waals surface area contributed by atoms with Crippen LogP contribution >= 0.6 is 0 Å². The standard InChI is InChI=1S/C19H28N2O/c1-22-14-13-21-11-8-16(9-12-21)7-10-20-19-15-18(19)17-5-3-2-4-6-17/h2-6,16,18H,7-15H2,1H3/t18-/m0/s1. The summed E-state index contributed by atoms with van der Waals surface area (Å²) in [6, 6.07) is 10.8. The molecule has 1 saturated heterocycles. The summed E-state index contributed by atoms with van der Waals surface area (Å²) in [6.07, 6.45) is 5.11. The van der Waals surface area contributed by atoms with Crippen molar-refractivity contribution in [2.75, 3.05) is 39.9 Å². The molecule has 0 amide bonds. The molecular weight excluding hydrogens is 272 g/mol.